The molecule has 2 aliphatic heterocycles. The molecular formula is C16H18FN3O3. The minimum atomic E-state index is -0.713. The van der Waals surface area contributed by atoms with Crippen molar-refractivity contribution in [2.75, 3.05) is 6.61 Å². The lowest BCUT2D eigenvalue weighted by atomic mass is 9.96. The van der Waals surface area contributed by atoms with E-state index in [2.05, 4.69) is 10.4 Å². The number of aromatic nitrogens is 2. The Labute approximate surface area is 132 Å². The summed E-state index contributed by atoms with van der Waals surface area (Å²) >= 11 is 0. The normalized spacial score (nSPS) is 33.0. The summed E-state index contributed by atoms with van der Waals surface area (Å²) in [6, 6.07) is 7.46. The zero-order valence-electron chi connectivity index (χ0n) is 12.4. The van der Waals surface area contributed by atoms with Crippen LogP contribution >= 0.6 is 0 Å². The third-order valence-corrected chi connectivity index (χ3v) is 4.39. The van der Waals surface area contributed by atoms with Gasteiger partial charge in [-0.3, -0.25) is 4.68 Å². The van der Waals surface area contributed by atoms with Gasteiger partial charge in [0.2, 0.25) is 0 Å². The first kappa shape index (κ1) is 14.8. The summed E-state index contributed by atoms with van der Waals surface area (Å²) in [5, 5.41) is 18.2. The molecule has 1 aromatic heterocycles. The predicted octanol–water partition coefficient (Wildman–Crippen LogP) is 0.838. The van der Waals surface area contributed by atoms with Gasteiger partial charge in [0.1, 0.15) is 18.0 Å². The van der Waals surface area contributed by atoms with Gasteiger partial charge in [0.25, 0.3) is 0 Å². The van der Waals surface area contributed by atoms with Gasteiger partial charge in [-0.1, -0.05) is 12.1 Å². The van der Waals surface area contributed by atoms with Gasteiger partial charge in [-0.15, -0.1) is 0 Å². The van der Waals surface area contributed by atoms with Crippen LogP contribution in [0.4, 0.5) is 4.39 Å². The number of benzene rings is 1. The lowest BCUT2D eigenvalue weighted by molar-refractivity contribution is -0.168. The number of halogens is 1. The van der Waals surface area contributed by atoms with E-state index < -0.39 is 18.4 Å². The number of hydrogen-bond acceptors (Lipinski definition) is 5. The second-order valence-electron chi connectivity index (χ2n) is 5.88. The van der Waals surface area contributed by atoms with E-state index in [1.807, 2.05) is 6.07 Å². The van der Waals surface area contributed by atoms with Crippen molar-refractivity contribution in [1.82, 2.24) is 15.1 Å². The van der Waals surface area contributed by atoms with Gasteiger partial charge in [-0.2, -0.15) is 5.10 Å². The molecule has 2 saturated heterocycles. The molecule has 122 valence electrons. The van der Waals surface area contributed by atoms with Gasteiger partial charge in [0, 0.05) is 18.9 Å². The molecule has 2 N–H and O–H groups in total. The maximum atomic E-state index is 13.3. The van der Waals surface area contributed by atoms with E-state index in [1.165, 1.54) is 12.1 Å². The Morgan fingerprint density at radius 3 is 3.09 bits per heavy atom. The number of hydrogen-bond donors (Lipinski definition) is 2. The fourth-order valence-corrected chi connectivity index (χ4v) is 3.27. The Balaban J connectivity index is 1.51. The van der Waals surface area contributed by atoms with E-state index in [9.17, 15) is 9.50 Å². The Kier molecular flexibility index (Phi) is 3.86. The van der Waals surface area contributed by atoms with E-state index in [-0.39, 0.29) is 18.0 Å². The van der Waals surface area contributed by atoms with Crippen LogP contribution in [-0.4, -0.2) is 46.0 Å². The first-order valence-electron chi connectivity index (χ1n) is 7.64. The summed E-state index contributed by atoms with van der Waals surface area (Å²) in [4.78, 5) is 0. The largest absolute Gasteiger partial charge is 0.389 e. The van der Waals surface area contributed by atoms with Gasteiger partial charge in [0.05, 0.1) is 18.8 Å². The molecule has 4 rings (SSSR count). The van der Waals surface area contributed by atoms with Crippen molar-refractivity contribution in [3.63, 3.8) is 0 Å². The van der Waals surface area contributed by atoms with Crippen molar-refractivity contribution in [2.45, 2.75) is 37.1 Å². The van der Waals surface area contributed by atoms with Crippen LogP contribution in [0.2, 0.25) is 0 Å². The van der Waals surface area contributed by atoms with Crippen molar-refractivity contribution in [2.24, 2.45) is 0 Å². The highest BCUT2D eigenvalue weighted by molar-refractivity contribution is 5.16. The molecule has 2 fully saturated rings. The molecule has 2 bridgehead atoms. The molecule has 7 heteroatoms. The summed E-state index contributed by atoms with van der Waals surface area (Å²) in [5.41, 5.74) is 0.814. The van der Waals surface area contributed by atoms with E-state index in [4.69, 9.17) is 9.47 Å². The minimum absolute atomic E-state index is 0.227. The molecule has 6 nitrogen and oxygen atoms in total. The van der Waals surface area contributed by atoms with Crippen molar-refractivity contribution >= 4 is 0 Å². The van der Waals surface area contributed by atoms with Crippen LogP contribution in [-0.2, 0) is 16.0 Å². The second kappa shape index (κ2) is 6.01. The molecule has 0 amide bonds. The first-order valence-corrected chi connectivity index (χ1v) is 7.64. The molecule has 23 heavy (non-hydrogen) atoms. The topological polar surface area (TPSA) is 68.5 Å². The van der Waals surface area contributed by atoms with E-state index in [0.29, 0.717) is 13.2 Å². The number of rotatable bonds is 4. The number of nitrogens with one attached hydrogen (secondary N) is 1. The molecule has 0 radical (unpaired) electrons. The fraction of sp³-hybridized carbons (Fsp3) is 0.438. The van der Waals surface area contributed by atoms with Crippen molar-refractivity contribution in [1.29, 1.82) is 0 Å². The maximum absolute atomic E-state index is 13.3. The van der Waals surface area contributed by atoms with Crippen LogP contribution in [0, 0.1) is 5.82 Å². The van der Waals surface area contributed by atoms with Crippen molar-refractivity contribution < 1.29 is 19.0 Å². The molecule has 5 atom stereocenters. The van der Waals surface area contributed by atoms with Gasteiger partial charge in [-0.25, -0.2) is 4.39 Å². The standard InChI is InChI=1S/C16H18FN3O3/c17-11-4-1-3-10(7-11)8-18-13-12-9-22-16(23-12)14(15(13)21)20-6-2-5-19-20/h1-7,12-16,18,21H,8-9H2. The molecule has 0 spiro atoms. The third-order valence-electron chi connectivity index (χ3n) is 4.39. The molecule has 2 aliphatic rings. The molecule has 2 aromatic rings. The predicted molar refractivity (Wildman–Crippen MR) is 78.9 cm³/mol. The molecule has 5 unspecified atom stereocenters. The number of nitrogens with zero attached hydrogens (tertiary/aromatic N) is 2. The minimum Gasteiger partial charge on any atom is -0.389 e. The highest BCUT2D eigenvalue weighted by atomic mass is 19.1. The molecule has 0 aliphatic carbocycles. The van der Waals surface area contributed by atoms with Crippen LogP contribution in [0.3, 0.4) is 0 Å². The Morgan fingerprint density at radius 1 is 1.39 bits per heavy atom. The fourth-order valence-electron chi connectivity index (χ4n) is 3.27. The van der Waals surface area contributed by atoms with Crippen LogP contribution in [0.15, 0.2) is 42.7 Å². The SMILES string of the molecule is OC1C(NCc2cccc(F)c2)C2COC(O2)C1n1cccn1. The summed E-state index contributed by atoms with van der Waals surface area (Å²) in [6.45, 7) is 0.857. The average Bonchev–Trinajstić information content (AvgIpc) is 3.19. The third kappa shape index (κ3) is 2.76. The van der Waals surface area contributed by atoms with Gasteiger partial charge in [-0.05, 0) is 23.8 Å². The number of ether oxygens (including phenoxy) is 2. The summed E-state index contributed by atoms with van der Waals surface area (Å²) in [6.07, 6.45) is 2.00. The van der Waals surface area contributed by atoms with Gasteiger partial charge < -0.3 is 19.9 Å². The highest BCUT2D eigenvalue weighted by Gasteiger charge is 2.50. The summed E-state index contributed by atoms with van der Waals surface area (Å²) in [5.74, 6) is -0.275. The quantitative estimate of drug-likeness (QED) is 0.874. The van der Waals surface area contributed by atoms with Crippen LogP contribution in [0.5, 0.6) is 0 Å². The molecule has 3 heterocycles. The lowest BCUT2D eigenvalue weighted by Crippen LogP contribution is -2.57. The van der Waals surface area contributed by atoms with Gasteiger partial charge >= 0.3 is 0 Å². The number of fused-ring (bicyclic) bond motifs is 2. The Bertz CT molecular complexity index is 666. The number of aliphatic hydroxyl groups excluding tert-OH is 1. The molecule has 0 saturated carbocycles. The zero-order chi connectivity index (χ0) is 15.8. The second-order valence-corrected chi connectivity index (χ2v) is 5.88. The van der Waals surface area contributed by atoms with Crippen molar-refractivity contribution in [3.05, 3.63) is 54.1 Å². The molecule has 1 aromatic carbocycles. The highest BCUT2D eigenvalue weighted by Crippen LogP contribution is 2.35. The zero-order valence-corrected chi connectivity index (χ0v) is 12.4. The van der Waals surface area contributed by atoms with E-state index in [0.717, 1.165) is 5.56 Å². The monoisotopic (exact) mass is 319 g/mol. The first-order chi connectivity index (χ1) is 11.2. The van der Waals surface area contributed by atoms with Crippen LogP contribution < -0.4 is 5.32 Å². The maximum Gasteiger partial charge on any atom is 0.183 e. The molecular weight excluding hydrogens is 301 g/mol. The van der Waals surface area contributed by atoms with E-state index >= 15 is 0 Å². The van der Waals surface area contributed by atoms with E-state index in [1.54, 1.807) is 29.2 Å². The lowest BCUT2D eigenvalue weighted by Gasteiger charge is -2.38. The van der Waals surface area contributed by atoms with Crippen LogP contribution in [0.25, 0.3) is 0 Å². The Hall–Kier alpha value is -1.80. The summed E-state index contributed by atoms with van der Waals surface area (Å²) in [7, 11) is 0. The van der Waals surface area contributed by atoms with Crippen LogP contribution in [0.1, 0.15) is 11.6 Å². The van der Waals surface area contributed by atoms with Gasteiger partial charge in [0.15, 0.2) is 6.29 Å². The van der Waals surface area contributed by atoms with Crippen molar-refractivity contribution in [3.8, 4) is 0 Å². The smallest absolute Gasteiger partial charge is 0.183 e. The Morgan fingerprint density at radius 2 is 2.30 bits per heavy atom. The number of aliphatic hydroxyl groups is 1. The average molecular weight is 319 g/mol. The summed E-state index contributed by atoms with van der Waals surface area (Å²) < 4.78 is 26.4.